The Labute approximate surface area is 193 Å². The minimum atomic E-state index is -0.0115. The Morgan fingerprint density at radius 2 is 1.67 bits per heavy atom. The van der Waals surface area contributed by atoms with E-state index in [-0.39, 0.29) is 11.8 Å². The first-order valence-electron chi connectivity index (χ1n) is 11.3. The molecule has 3 aromatic rings. The first kappa shape index (κ1) is 22.7. The number of aromatic nitrogens is 2. The number of hydrogen-bond donors (Lipinski definition) is 1. The first-order valence-corrected chi connectivity index (χ1v) is 11.3. The average molecular weight is 448 g/mol. The number of nitrogens with zero attached hydrogens (tertiary/aromatic N) is 4. The summed E-state index contributed by atoms with van der Waals surface area (Å²) in [5.74, 6) is 0.914. The predicted molar refractivity (Wildman–Crippen MR) is 126 cm³/mol. The summed E-state index contributed by atoms with van der Waals surface area (Å²) in [5, 5.41) is 11.2. The number of nitrogens with one attached hydrogen (secondary N) is 1. The van der Waals surface area contributed by atoms with Gasteiger partial charge in [-0.3, -0.25) is 14.5 Å². The van der Waals surface area contributed by atoms with Crippen LogP contribution in [-0.4, -0.2) is 71.1 Å². The molecule has 1 aliphatic rings. The van der Waals surface area contributed by atoms with Gasteiger partial charge in [0.25, 0.3) is 5.91 Å². The predicted octanol–water partition coefficient (Wildman–Crippen LogP) is 3.00. The van der Waals surface area contributed by atoms with Gasteiger partial charge >= 0.3 is 0 Å². The van der Waals surface area contributed by atoms with E-state index in [2.05, 4.69) is 20.4 Å². The van der Waals surface area contributed by atoms with Crippen LogP contribution in [0.25, 0.3) is 22.9 Å². The largest absolute Gasteiger partial charge is 0.416 e. The summed E-state index contributed by atoms with van der Waals surface area (Å²) in [5.41, 5.74) is 3.38. The fourth-order valence-electron chi connectivity index (χ4n) is 3.81. The summed E-state index contributed by atoms with van der Waals surface area (Å²) in [7, 11) is 0. The van der Waals surface area contributed by atoms with Crippen LogP contribution in [0.3, 0.4) is 0 Å². The third-order valence-corrected chi connectivity index (χ3v) is 5.67. The van der Waals surface area contributed by atoms with Crippen LogP contribution in [-0.2, 0) is 4.79 Å². The number of rotatable bonds is 7. The lowest BCUT2D eigenvalue weighted by Crippen LogP contribution is -2.51. The van der Waals surface area contributed by atoms with E-state index in [4.69, 9.17) is 4.42 Å². The molecule has 2 heterocycles. The summed E-state index contributed by atoms with van der Waals surface area (Å²) in [4.78, 5) is 28.7. The van der Waals surface area contributed by atoms with Gasteiger partial charge < -0.3 is 14.6 Å². The number of aryl methyl sites for hydroxylation is 1. The van der Waals surface area contributed by atoms with Crippen LogP contribution in [0.15, 0.2) is 52.9 Å². The van der Waals surface area contributed by atoms with Crippen LogP contribution in [0.4, 0.5) is 0 Å². The van der Waals surface area contributed by atoms with Crippen molar-refractivity contribution in [3.05, 3.63) is 59.7 Å². The molecule has 4 rings (SSSR count). The van der Waals surface area contributed by atoms with E-state index in [0.29, 0.717) is 56.6 Å². The second-order valence-corrected chi connectivity index (χ2v) is 8.28. The zero-order chi connectivity index (χ0) is 23.2. The van der Waals surface area contributed by atoms with Gasteiger partial charge in [-0.05, 0) is 49.7 Å². The summed E-state index contributed by atoms with van der Waals surface area (Å²) >= 11 is 0. The van der Waals surface area contributed by atoms with E-state index >= 15 is 0 Å². The second kappa shape index (κ2) is 10.4. The highest BCUT2D eigenvalue weighted by Gasteiger charge is 2.23. The topological polar surface area (TPSA) is 91.6 Å². The fraction of sp³-hybridized carbons (Fsp3) is 0.360. The molecule has 2 aromatic carbocycles. The SMILES string of the molecule is CCCNC(=O)CN1CCN(C(=O)c2ccc(-c3nnc(-c4cccc(C)c4)o3)cc2)CC1. The minimum absolute atomic E-state index is 0.0115. The van der Waals surface area contributed by atoms with Crippen molar-refractivity contribution in [3.63, 3.8) is 0 Å². The monoisotopic (exact) mass is 447 g/mol. The molecule has 2 amide bonds. The van der Waals surface area contributed by atoms with Gasteiger partial charge in [-0.15, -0.1) is 10.2 Å². The van der Waals surface area contributed by atoms with Crippen molar-refractivity contribution in [2.75, 3.05) is 39.3 Å². The van der Waals surface area contributed by atoms with Crippen molar-refractivity contribution >= 4 is 11.8 Å². The van der Waals surface area contributed by atoms with E-state index < -0.39 is 0 Å². The maximum Gasteiger partial charge on any atom is 0.253 e. The Morgan fingerprint density at radius 3 is 2.33 bits per heavy atom. The van der Waals surface area contributed by atoms with Crippen molar-refractivity contribution in [1.29, 1.82) is 0 Å². The molecule has 0 spiro atoms. The zero-order valence-corrected chi connectivity index (χ0v) is 19.1. The standard InChI is InChI=1S/C25H29N5O3/c1-3-11-26-22(31)17-29-12-14-30(15-13-29)25(32)20-9-7-19(8-10-20)23-27-28-24(33-23)21-6-4-5-18(2)16-21/h4-10,16H,3,11-15,17H2,1-2H3,(H,26,31). The number of carbonyl (C=O) groups excluding carboxylic acids is 2. The maximum absolute atomic E-state index is 12.9. The minimum Gasteiger partial charge on any atom is -0.416 e. The Balaban J connectivity index is 1.34. The summed E-state index contributed by atoms with van der Waals surface area (Å²) in [6, 6.07) is 15.1. The van der Waals surface area contributed by atoms with Gasteiger partial charge in [-0.1, -0.05) is 24.6 Å². The molecule has 0 aliphatic carbocycles. The lowest BCUT2D eigenvalue weighted by molar-refractivity contribution is -0.122. The Morgan fingerprint density at radius 1 is 0.970 bits per heavy atom. The van der Waals surface area contributed by atoms with Gasteiger partial charge in [0.2, 0.25) is 17.7 Å². The van der Waals surface area contributed by atoms with Gasteiger partial charge in [0.1, 0.15) is 0 Å². The lowest BCUT2D eigenvalue weighted by Gasteiger charge is -2.34. The third-order valence-electron chi connectivity index (χ3n) is 5.67. The zero-order valence-electron chi connectivity index (χ0n) is 19.1. The molecule has 1 aromatic heterocycles. The molecule has 33 heavy (non-hydrogen) atoms. The molecular weight excluding hydrogens is 418 g/mol. The third kappa shape index (κ3) is 5.64. The van der Waals surface area contributed by atoms with Crippen molar-refractivity contribution in [2.24, 2.45) is 0 Å². The molecule has 1 fully saturated rings. The quantitative estimate of drug-likeness (QED) is 0.599. The number of benzene rings is 2. The molecule has 172 valence electrons. The fourth-order valence-corrected chi connectivity index (χ4v) is 3.81. The number of piperazine rings is 1. The molecule has 1 N–H and O–H groups in total. The number of amides is 2. The van der Waals surface area contributed by atoms with Crippen LogP contribution < -0.4 is 5.32 Å². The van der Waals surface area contributed by atoms with Crippen molar-refractivity contribution in [1.82, 2.24) is 25.3 Å². The Kier molecular flexibility index (Phi) is 7.14. The first-order chi connectivity index (χ1) is 16.0. The molecule has 0 radical (unpaired) electrons. The molecular formula is C25H29N5O3. The van der Waals surface area contributed by atoms with Gasteiger partial charge in [0.15, 0.2) is 0 Å². The summed E-state index contributed by atoms with van der Waals surface area (Å²) < 4.78 is 5.84. The molecule has 1 saturated heterocycles. The molecule has 0 unspecified atom stereocenters. The molecule has 1 aliphatic heterocycles. The summed E-state index contributed by atoms with van der Waals surface area (Å²) in [6.45, 7) is 7.70. The smallest absolute Gasteiger partial charge is 0.253 e. The van der Waals surface area contributed by atoms with Crippen LogP contribution in [0.1, 0.15) is 29.3 Å². The molecule has 8 nitrogen and oxygen atoms in total. The lowest BCUT2D eigenvalue weighted by atomic mass is 10.1. The average Bonchev–Trinajstić information content (AvgIpc) is 3.33. The van der Waals surface area contributed by atoms with Crippen LogP contribution in [0.5, 0.6) is 0 Å². The van der Waals surface area contributed by atoms with Crippen LogP contribution in [0, 0.1) is 6.92 Å². The van der Waals surface area contributed by atoms with Crippen molar-refractivity contribution in [3.8, 4) is 22.9 Å². The maximum atomic E-state index is 12.9. The van der Waals surface area contributed by atoms with Gasteiger partial charge in [0.05, 0.1) is 6.54 Å². The number of hydrogen-bond acceptors (Lipinski definition) is 6. The molecule has 0 saturated carbocycles. The van der Waals surface area contributed by atoms with E-state index in [1.807, 2.05) is 55.1 Å². The van der Waals surface area contributed by atoms with Crippen molar-refractivity contribution in [2.45, 2.75) is 20.3 Å². The van der Waals surface area contributed by atoms with Crippen LogP contribution >= 0.6 is 0 Å². The van der Waals surface area contributed by atoms with E-state index in [1.54, 1.807) is 12.1 Å². The van der Waals surface area contributed by atoms with Crippen molar-refractivity contribution < 1.29 is 14.0 Å². The molecule has 0 bridgehead atoms. The Bertz CT molecular complexity index is 1100. The highest BCUT2D eigenvalue weighted by Crippen LogP contribution is 2.25. The normalized spacial score (nSPS) is 14.3. The molecule has 8 heteroatoms. The summed E-state index contributed by atoms with van der Waals surface area (Å²) in [6.07, 6.45) is 0.924. The van der Waals surface area contributed by atoms with Gasteiger partial charge in [-0.2, -0.15) is 0 Å². The van der Waals surface area contributed by atoms with E-state index in [9.17, 15) is 9.59 Å². The molecule has 0 atom stereocenters. The second-order valence-electron chi connectivity index (χ2n) is 8.28. The van der Waals surface area contributed by atoms with E-state index in [0.717, 1.165) is 23.1 Å². The van der Waals surface area contributed by atoms with Gasteiger partial charge in [-0.25, -0.2) is 0 Å². The van der Waals surface area contributed by atoms with Gasteiger partial charge in [0, 0.05) is 49.4 Å². The highest BCUT2D eigenvalue weighted by atomic mass is 16.4. The highest BCUT2D eigenvalue weighted by molar-refractivity contribution is 5.94. The van der Waals surface area contributed by atoms with Crippen LogP contribution in [0.2, 0.25) is 0 Å². The van der Waals surface area contributed by atoms with E-state index in [1.165, 1.54) is 0 Å². The number of carbonyl (C=O) groups is 2. The Hall–Kier alpha value is -3.52.